The molecule has 0 aliphatic carbocycles. The SMILES string of the molecule is O=C(Nc1cc(C(=O)N2CCCNCC2)ccc1N1CCN(C(=O)c2ccc(Cl)cc2Cl)CC1)c1ccc(F)cc1. The van der Waals surface area contributed by atoms with Crippen LogP contribution >= 0.6 is 23.2 Å². The van der Waals surface area contributed by atoms with E-state index in [2.05, 4.69) is 15.5 Å². The summed E-state index contributed by atoms with van der Waals surface area (Å²) >= 11 is 12.2. The fourth-order valence-corrected chi connectivity index (χ4v) is 5.55. The molecule has 3 aromatic carbocycles. The molecule has 0 aromatic heterocycles. The van der Waals surface area contributed by atoms with Crippen LogP contribution in [0.4, 0.5) is 15.8 Å². The van der Waals surface area contributed by atoms with Crippen molar-refractivity contribution in [2.75, 3.05) is 62.6 Å². The molecule has 3 amide bonds. The van der Waals surface area contributed by atoms with Crippen molar-refractivity contribution in [1.29, 1.82) is 0 Å². The first-order chi connectivity index (χ1) is 19.8. The van der Waals surface area contributed by atoms with Gasteiger partial charge < -0.3 is 25.3 Å². The molecule has 0 radical (unpaired) electrons. The Morgan fingerprint density at radius 2 is 1.46 bits per heavy atom. The molecule has 2 aliphatic heterocycles. The number of amides is 3. The minimum absolute atomic E-state index is 0.104. The van der Waals surface area contributed by atoms with E-state index in [1.165, 1.54) is 24.3 Å². The van der Waals surface area contributed by atoms with Crippen LogP contribution < -0.4 is 15.5 Å². The number of anilines is 2. The zero-order valence-corrected chi connectivity index (χ0v) is 23.8. The molecular formula is C30H30Cl2FN5O3. The fourth-order valence-electron chi connectivity index (χ4n) is 5.06. The van der Waals surface area contributed by atoms with Crippen LogP contribution in [0.1, 0.15) is 37.5 Å². The van der Waals surface area contributed by atoms with Gasteiger partial charge in [-0.15, -0.1) is 0 Å². The lowest BCUT2D eigenvalue weighted by Crippen LogP contribution is -2.49. The van der Waals surface area contributed by atoms with Gasteiger partial charge in [0.2, 0.25) is 0 Å². The third kappa shape index (κ3) is 6.81. The van der Waals surface area contributed by atoms with Crippen molar-refractivity contribution >= 4 is 52.3 Å². The van der Waals surface area contributed by atoms with E-state index in [0.29, 0.717) is 71.7 Å². The first kappa shape index (κ1) is 28.9. The third-order valence-electron chi connectivity index (χ3n) is 7.29. The Labute approximate surface area is 248 Å². The van der Waals surface area contributed by atoms with Crippen molar-refractivity contribution in [3.05, 3.63) is 93.2 Å². The average Bonchev–Trinajstić information content (AvgIpc) is 3.27. The highest BCUT2D eigenvalue weighted by Gasteiger charge is 2.26. The Bertz CT molecular complexity index is 1440. The summed E-state index contributed by atoms with van der Waals surface area (Å²) < 4.78 is 13.4. The van der Waals surface area contributed by atoms with Gasteiger partial charge in [0.15, 0.2) is 0 Å². The molecular weight excluding hydrogens is 568 g/mol. The van der Waals surface area contributed by atoms with Gasteiger partial charge in [-0.05, 0) is 73.6 Å². The number of hydrogen-bond acceptors (Lipinski definition) is 5. The van der Waals surface area contributed by atoms with Crippen LogP contribution in [0.5, 0.6) is 0 Å². The van der Waals surface area contributed by atoms with Crippen LogP contribution in [0, 0.1) is 5.82 Å². The van der Waals surface area contributed by atoms with Crippen LogP contribution in [0.2, 0.25) is 10.0 Å². The van der Waals surface area contributed by atoms with Gasteiger partial charge in [-0.3, -0.25) is 14.4 Å². The Balaban J connectivity index is 1.37. The first-order valence-corrected chi connectivity index (χ1v) is 14.3. The lowest BCUT2D eigenvalue weighted by atomic mass is 10.1. The molecule has 0 spiro atoms. The van der Waals surface area contributed by atoms with E-state index in [9.17, 15) is 18.8 Å². The highest BCUT2D eigenvalue weighted by molar-refractivity contribution is 6.36. The largest absolute Gasteiger partial charge is 0.366 e. The van der Waals surface area contributed by atoms with Gasteiger partial charge in [0.25, 0.3) is 17.7 Å². The molecule has 2 saturated heterocycles. The second kappa shape index (κ2) is 12.9. The predicted molar refractivity (Wildman–Crippen MR) is 159 cm³/mol. The summed E-state index contributed by atoms with van der Waals surface area (Å²) in [6.07, 6.45) is 0.863. The van der Waals surface area contributed by atoms with Crippen LogP contribution in [-0.2, 0) is 0 Å². The molecule has 2 fully saturated rings. The lowest BCUT2D eigenvalue weighted by molar-refractivity contribution is 0.0744. The quantitative estimate of drug-likeness (QED) is 0.442. The normalized spacial score (nSPS) is 15.8. The molecule has 41 heavy (non-hydrogen) atoms. The monoisotopic (exact) mass is 597 g/mol. The average molecular weight is 599 g/mol. The lowest BCUT2D eigenvalue weighted by Gasteiger charge is -2.37. The molecule has 8 nitrogen and oxygen atoms in total. The zero-order valence-electron chi connectivity index (χ0n) is 22.3. The number of rotatable bonds is 5. The van der Waals surface area contributed by atoms with Crippen molar-refractivity contribution in [2.45, 2.75) is 6.42 Å². The molecule has 2 heterocycles. The Morgan fingerprint density at radius 1 is 0.756 bits per heavy atom. The molecule has 0 bridgehead atoms. The summed E-state index contributed by atoms with van der Waals surface area (Å²) in [6.45, 7) is 4.71. The molecule has 5 rings (SSSR count). The van der Waals surface area contributed by atoms with Crippen LogP contribution in [0.15, 0.2) is 60.7 Å². The molecule has 214 valence electrons. The van der Waals surface area contributed by atoms with Crippen molar-refractivity contribution in [1.82, 2.24) is 15.1 Å². The van der Waals surface area contributed by atoms with Gasteiger partial charge in [-0.25, -0.2) is 4.39 Å². The Morgan fingerprint density at radius 3 is 2.20 bits per heavy atom. The van der Waals surface area contributed by atoms with Crippen LogP contribution in [-0.4, -0.2) is 79.9 Å². The summed E-state index contributed by atoms with van der Waals surface area (Å²) in [5, 5.41) is 6.99. The number of carbonyl (C=O) groups is 3. The number of nitrogens with one attached hydrogen (secondary N) is 2. The Hall–Kier alpha value is -3.66. The van der Waals surface area contributed by atoms with Crippen molar-refractivity contribution in [2.24, 2.45) is 0 Å². The number of nitrogens with zero attached hydrogens (tertiary/aromatic N) is 3. The molecule has 0 atom stereocenters. The number of halogens is 3. The summed E-state index contributed by atoms with van der Waals surface area (Å²) in [5.74, 6) is -1.13. The van der Waals surface area contributed by atoms with E-state index in [0.717, 1.165) is 25.2 Å². The minimum Gasteiger partial charge on any atom is -0.366 e. The van der Waals surface area contributed by atoms with E-state index < -0.39 is 11.7 Å². The maximum absolute atomic E-state index is 13.4. The van der Waals surface area contributed by atoms with Gasteiger partial charge in [0.1, 0.15) is 5.82 Å². The van der Waals surface area contributed by atoms with E-state index in [1.54, 1.807) is 35.2 Å². The minimum atomic E-state index is -0.436. The summed E-state index contributed by atoms with van der Waals surface area (Å²) in [7, 11) is 0. The molecule has 2 aliphatic rings. The van der Waals surface area contributed by atoms with Crippen molar-refractivity contribution in [3.8, 4) is 0 Å². The number of hydrogen-bond donors (Lipinski definition) is 2. The predicted octanol–water partition coefficient (Wildman–Crippen LogP) is 4.78. The van der Waals surface area contributed by atoms with E-state index >= 15 is 0 Å². The van der Waals surface area contributed by atoms with Gasteiger partial charge in [-0.1, -0.05) is 23.2 Å². The number of benzene rings is 3. The molecule has 11 heteroatoms. The Kier molecular flexibility index (Phi) is 9.07. The van der Waals surface area contributed by atoms with Crippen molar-refractivity contribution in [3.63, 3.8) is 0 Å². The van der Waals surface area contributed by atoms with E-state index in [1.807, 2.05) is 11.0 Å². The fraction of sp³-hybridized carbons (Fsp3) is 0.300. The van der Waals surface area contributed by atoms with Crippen molar-refractivity contribution < 1.29 is 18.8 Å². The van der Waals surface area contributed by atoms with Gasteiger partial charge in [0, 0.05) is 62.0 Å². The maximum Gasteiger partial charge on any atom is 0.255 e. The van der Waals surface area contributed by atoms with Crippen LogP contribution in [0.3, 0.4) is 0 Å². The van der Waals surface area contributed by atoms with E-state index in [-0.39, 0.29) is 11.8 Å². The topological polar surface area (TPSA) is 85.0 Å². The number of piperazine rings is 1. The van der Waals surface area contributed by atoms with Gasteiger partial charge >= 0.3 is 0 Å². The molecule has 2 N–H and O–H groups in total. The highest BCUT2D eigenvalue weighted by Crippen LogP contribution is 2.30. The standard InChI is InChI=1S/C30H30Cl2FN5O3/c31-22-5-8-24(25(32)19-22)30(41)38-16-14-36(15-17-38)27-9-4-21(29(40)37-12-1-10-34-11-13-37)18-26(27)35-28(39)20-2-6-23(33)7-3-20/h2-9,18-19,34H,1,10-17H2,(H,35,39). The maximum atomic E-state index is 13.4. The van der Waals surface area contributed by atoms with E-state index in [4.69, 9.17) is 23.2 Å². The van der Waals surface area contributed by atoms with Crippen LogP contribution in [0.25, 0.3) is 0 Å². The highest BCUT2D eigenvalue weighted by atomic mass is 35.5. The smallest absolute Gasteiger partial charge is 0.255 e. The summed E-state index contributed by atoms with van der Waals surface area (Å²) in [4.78, 5) is 45.2. The summed E-state index contributed by atoms with van der Waals surface area (Å²) in [5.41, 5.74) is 2.35. The molecule has 3 aromatic rings. The molecule has 0 unspecified atom stereocenters. The number of carbonyl (C=O) groups excluding carboxylic acids is 3. The second-order valence-electron chi connectivity index (χ2n) is 9.99. The van der Waals surface area contributed by atoms with Gasteiger partial charge in [0.05, 0.1) is 22.0 Å². The first-order valence-electron chi connectivity index (χ1n) is 13.5. The zero-order chi connectivity index (χ0) is 28.9. The second-order valence-corrected chi connectivity index (χ2v) is 10.8. The van der Waals surface area contributed by atoms with Gasteiger partial charge in [-0.2, -0.15) is 0 Å². The summed E-state index contributed by atoms with van der Waals surface area (Å²) in [6, 6.07) is 15.4. The molecule has 0 saturated carbocycles. The third-order valence-corrected chi connectivity index (χ3v) is 7.84.